The Bertz CT molecular complexity index is 1700. The first-order valence-electron chi connectivity index (χ1n) is 10.6. The van der Waals surface area contributed by atoms with Gasteiger partial charge in [0.2, 0.25) is 5.13 Å². The number of thiophene rings is 1. The third-order valence-electron chi connectivity index (χ3n) is 5.53. The number of aromatic nitrogens is 3. The van der Waals surface area contributed by atoms with E-state index in [0.717, 1.165) is 26.7 Å². The Balaban J connectivity index is 1.43. The van der Waals surface area contributed by atoms with E-state index >= 15 is 0 Å². The number of nitrogens with zero attached hydrogens (tertiary/aromatic N) is 3. The van der Waals surface area contributed by atoms with Crippen LogP contribution in [0.25, 0.3) is 37.4 Å². The molecule has 0 atom stereocenters. The molecule has 0 unspecified atom stereocenters. The van der Waals surface area contributed by atoms with E-state index in [1.807, 2.05) is 78.9 Å². The third kappa shape index (κ3) is 3.86. The van der Waals surface area contributed by atoms with Gasteiger partial charge in [-0.15, -0.1) is 22.7 Å². The van der Waals surface area contributed by atoms with E-state index in [0.29, 0.717) is 21.2 Å². The second kappa shape index (κ2) is 8.46. The number of carboxylic acid groups (broad SMARTS) is 1. The van der Waals surface area contributed by atoms with E-state index < -0.39 is 5.97 Å². The molecule has 170 valence electrons. The van der Waals surface area contributed by atoms with Gasteiger partial charge in [-0.1, -0.05) is 48.5 Å². The Hall–Kier alpha value is -4.34. The van der Waals surface area contributed by atoms with Crippen molar-refractivity contribution in [2.75, 3.05) is 5.32 Å². The molecule has 0 saturated heterocycles. The van der Waals surface area contributed by atoms with Crippen LogP contribution in [-0.2, 0) is 0 Å². The summed E-state index contributed by atoms with van der Waals surface area (Å²) in [5.74, 6) is -1.29. The van der Waals surface area contributed by atoms with Crippen molar-refractivity contribution >= 4 is 61.2 Å². The predicted octanol–water partition coefficient (Wildman–Crippen LogP) is 6.31. The van der Waals surface area contributed by atoms with Crippen LogP contribution in [0.15, 0.2) is 84.2 Å². The molecule has 0 spiro atoms. The number of fused-ring (bicyclic) bond motifs is 2. The van der Waals surface area contributed by atoms with E-state index in [9.17, 15) is 14.7 Å². The molecule has 2 N–H and O–H groups in total. The van der Waals surface area contributed by atoms with Crippen LogP contribution in [0.4, 0.5) is 5.69 Å². The van der Waals surface area contributed by atoms with Gasteiger partial charge in [0.1, 0.15) is 5.69 Å². The number of thiazole rings is 1. The van der Waals surface area contributed by atoms with Gasteiger partial charge in [0.15, 0.2) is 5.69 Å². The summed E-state index contributed by atoms with van der Waals surface area (Å²) in [6.07, 6.45) is 0. The maximum Gasteiger partial charge on any atom is 0.355 e. The van der Waals surface area contributed by atoms with E-state index in [1.54, 1.807) is 4.68 Å². The first kappa shape index (κ1) is 21.2. The number of hydrogen-bond acceptors (Lipinski definition) is 6. The number of carbonyl (C=O) groups is 2. The molecule has 6 rings (SSSR count). The second-order valence-electron chi connectivity index (χ2n) is 7.78. The number of amides is 1. The minimum Gasteiger partial charge on any atom is -0.476 e. The fraction of sp³-hybridized carbons (Fsp3) is 0. The molecule has 1 amide bonds. The highest BCUT2D eigenvalue weighted by atomic mass is 32.1. The Morgan fingerprint density at radius 3 is 2.51 bits per heavy atom. The Kier molecular flexibility index (Phi) is 5.13. The monoisotopic (exact) mass is 496 g/mol. The lowest BCUT2D eigenvalue weighted by Crippen LogP contribution is -2.10. The van der Waals surface area contributed by atoms with Crippen LogP contribution in [0.3, 0.4) is 0 Å². The summed E-state index contributed by atoms with van der Waals surface area (Å²) >= 11 is 2.64. The van der Waals surface area contributed by atoms with Gasteiger partial charge in [-0.05, 0) is 35.7 Å². The van der Waals surface area contributed by atoms with Crippen molar-refractivity contribution in [3.8, 4) is 16.4 Å². The molecule has 0 bridgehead atoms. The first-order chi connectivity index (χ1) is 17.1. The number of carboxylic acids is 1. The minimum atomic E-state index is -1.09. The molecule has 0 radical (unpaired) electrons. The largest absolute Gasteiger partial charge is 0.476 e. The van der Waals surface area contributed by atoms with Crippen molar-refractivity contribution in [1.29, 1.82) is 0 Å². The standard InChI is InChI=1S/C26H16N4O3S2/c31-24(22-12-16-8-4-5-9-21(16)35-22)27-17-10-11-18-20(13-17)30(26-28-19(14-34-26)25(32)33)29-23(18)15-6-2-1-3-7-15/h1-14H,(H,27,31)(H,32,33). The Morgan fingerprint density at radius 1 is 0.943 bits per heavy atom. The first-order valence-corrected chi connectivity index (χ1v) is 12.3. The van der Waals surface area contributed by atoms with Gasteiger partial charge in [-0.3, -0.25) is 4.79 Å². The van der Waals surface area contributed by atoms with Crippen LogP contribution in [0, 0.1) is 0 Å². The maximum atomic E-state index is 13.0. The normalized spacial score (nSPS) is 11.2. The Morgan fingerprint density at radius 2 is 1.74 bits per heavy atom. The van der Waals surface area contributed by atoms with Gasteiger partial charge in [0.05, 0.1) is 10.4 Å². The van der Waals surface area contributed by atoms with Crippen molar-refractivity contribution in [1.82, 2.24) is 14.8 Å². The molecule has 35 heavy (non-hydrogen) atoms. The highest BCUT2D eigenvalue weighted by molar-refractivity contribution is 7.20. The lowest BCUT2D eigenvalue weighted by molar-refractivity contribution is 0.0691. The van der Waals surface area contributed by atoms with Crippen molar-refractivity contribution < 1.29 is 14.7 Å². The summed E-state index contributed by atoms with van der Waals surface area (Å²) in [6.45, 7) is 0. The highest BCUT2D eigenvalue weighted by Crippen LogP contribution is 2.33. The molecule has 3 aromatic carbocycles. The summed E-state index contributed by atoms with van der Waals surface area (Å²) in [6, 6.07) is 25.1. The van der Waals surface area contributed by atoms with E-state index in [2.05, 4.69) is 10.3 Å². The molecule has 0 aliphatic heterocycles. The number of rotatable bonds is 5. The zero-order chi connectivity index (χ0) is 23.9. The minimum absolute atomic E-state index is 0.0378. The predicted molar refractivity (Wildman–Crippen MR) is 139 cm³/mol. The van der Waals surface area contributed by atoms with Crippen molar-refractivity contribution in [3.05, 3.63) is 94.8 Å². The van der Waals surface area contributed by atoms with Crippen LogP contribution >= 0.6 is 22.7 Å². The van der Waals surface area contributed by atoms with Crippen LogP contribution in [0.5, 0.6) is 0 Å². The van der Waals surface area contributed by atoms with Gasteiger partial charge in [0.25, 0.3) is 5.91 Å². The molecule has 0 fully saturated rings. The summed E-state index contributed by atoms with van der Waals surface area (Å²) in [4.78, 5) is 29.2. The van der Waals surface area contributed by atoms with Gasteiger partial charge < -0.3 is 10.4 Å². The zero-order valence-corrected chi connectivity index (χ0v) is 19.6. The fourth-order valence-corrected chi connectivity index (χ4v) is 5.61. The van der Waals surface area contributed by atoms with E-state index in [-0.39, 0.29) is 11.6 Å². The number of carbonyl (C=O) groups excluding carboxylic acids is 1. The molecule has 3 aromatic heterocycles. The van der Waals surface area contributed by atoms with Crippen LogP contribution < -0.4 is 5.32 Å². The van der Waals surface area contributed by atoms with Gasteiger partial charge in [0, 0.05) is 26.7 Å². The molecule has 0 saturated carbocycles. The molecule has 9 heteroatoms. The average Bonchev–Trinajstić information content (AvgIpc) is 3.61. The van der Waals surface area contributed by atoms with Crippen molar-refractivity contribution in [3.63, 3.8) is 0 Å². The summed E-state index contributed by atoms with van der Waals surface area (Å²) in [5, 5.41) is 20.9. The van der Waals surface area contributed by atoms with Crippen LogP contribution in [0.2, 0.25) is 0 Å². The summed E-state index contributed by atoms with van der Waals surface area (Å²) < 4.78 is 2.68. The van der Waals surface area contributed by atoms with Gasteiger partial charge >= 0.3 is 5.97 Å². The smallest absolute Gasteiger partial charge is 0.355 e. The molecule has 6 aromatic rings. The van der Waals surface area contributed by atoms with E-state index in [4.69, 9.17) is 5.10 Å². The number of aromatic carboxylic acids is 1. The fourth-order valence-electron chi connectivity index (χ4n) is 3.89. The van der Waals surface area contributed by atoms with Gasteiger partial charge in [-0.25, -0.2) is 14.5 Å². The number of benzene rings is 3. The zero-order valence-electron chi connectivity index (χ0n) is 18.0. The molecule has 7 nitrogen and oxygen atoms in total. The maximum absolute atomic E-state index is 13.0. The quantitative estimate of drug-likeness (QED) is 0.291. The Labute approximate surface area is 206 Å². The molecular formula is C26H16N4O3S2. The molecule has 0 aliphatic rings. The third-order valence-corrected chi connectivity index (χ3v) is 7.46. The lowest BCUT2D eigenvalue weighted by atomic mass is 10.1. The number of hydrogen-bond donors (Lipinski definition) is 2. The average molecular weight is 497 g/mol. The van der Waals surface area contributed by atoms with Crippen LogP contribution in [-0.4, -0.2) is 31.7 Å². The molecular weight excluding hydrogens is 480 g/mol. The van der Waals surface area contributed by atoms with E-state index in [1.165, 1.54) is 28.1 Å². The number of anilines is 1. The van der Waals surface area contributed by atoms with Crippen molar-refractivity contribution in [2.24, 2.45) is 0 Å². The summed E-state index contributed by atoms with van der Waals surface area (Å²) in [7, 11) is 0. The molecule has 0 aliphatic carbocycles. The second-order valence-corrected chi connectivity index (χ2v) is 9.70. The van der Waals surface area contributed by atoms with Gasteiger partial charge in [-0.2, -0.15) is 5.10 Å². The van der Waals surface area contributed by atoms with Crippen molar-refractivity contribution in [2.45, 2.75) is 0 Å². The molecule has 3 heterocycles. The topological polar surface area (TPSA) is 97.1 Å². The summed E-state index contributed by atoms with van der Waals surface area (Å²) in [5.41, 5.74) is 2.95. The number of nitrogens with one attached hydrogen (secondary N) is 1. The van der Waals surface area contributed by atoms with Crippen LogP contribution in [0.1, 0.15) is 20.2 Å². The lowest BCUT2D eigenvalue weighted by Gasteiger charge is -2.05. The highest BCUT2D eigenvalue weighted by Gasteiger charge is 2.19. The SMILES string of the molecule is O=C(O)c1csc(-n2nc(-c3ccccc3)c3ccc(NC(=O)c4cc5ccccc5s4)cc32)n1.